The third-order valence-electron chi connectivity index (χ3n) is 2.27. The highest BCUT2D eigenvalue weighted by Gasteiger charge is 2.19. The molecule has 0 saturated heterocycles. The third-order valence-corrected chi connectivity index (χ3v) is 2.27. The van der Waals surface area contributed by atoms with Crippen molar-refractivity contribution in [1.82, 2.24) is 0 Å². The number of hydrogen-bond donors (Lipinski definition) is 1. The summed E-state index contributed by atoms with van der Waals surface area (Å²) in [4.78, 5) is 0. The van der Waals surface area contributed by atoms with Crippen LogP contribution in [0.1, 0.15) is 5.56 Å². The Morgan fingerprint density at radius 3 is 2.19 bits per heavy atom. The van der Waals surface area contributed by atoms with Gasteiger partial charge in [-0.05, 0) is 13.0 Å². The second-order valence-corrected chi connectivity index (χ2v) is 3.14. The molecule has 0 radical (unpaired) electrons. The Kier molecular flexibility index (Phi) is 4.37. The molecule has 2 N–H and O–H groups in total. The molecule has 1 rings (SSSR count). The van der Waals surface area contributed by atoms with E-state index in [1.165, 1.54) is 27.4 Å². The molecule has 0 spiro atoms. The van der Waals surface area contributed by atoms with Crippen molar-refractivity contribution in [2.45, 2.75) is 6.42 Å². The summed E-state index contributed by atoms with van der Waals surface area (Å²) in [7, 11) is 4.36. The Hall–Kier alpha value is -1.49. The van der Waals surface area contributed by atoms with Crippen LogP contribution in [0.5, 0.6) is 17.2 Å². The molecule has 90 valence electrons. The van der Waals surface area contributed by atoms with Gasteiger partial charge in [0.15, 0.2) is 23.1 Å². The topological polar surface area (TPSA) is 53.7 Å². The Balaban J connectivity index is 3.40. The van der Waals surface area contributed by atoms with Crippen molar-refractivity contribution in [2.24, 2.45) is 5.73 Å². The molecule has 4 nitrogen and oxygen atoms in total. The van der Waals surface area contributed by atoms with Gasteiger partial charge in [-0.25, -0.2) is 4.39 Å². The molecular formula is C11H16FNO3. The minimum atomic E-state index is -0.483. The largest absolute Gasteiger partial charge is 0.493 e. The van der Waals surface area contributed by atoms with Gasteiger partial charge in [0.2, 0.25) is 0 Å². The molecule has 0 aromatic heterocycles. The third kappa shape index (κ3) is 2.19. The summed E-state index contributed by atoms with van der Waals surface area (Å²) in [6.07, 6.45) is 0.459. The van der Waals surface area contributed by atoms with Crippen LogP contribution >= 0.6 is 0 Å². The lowest BCUT2D eigenvalue weighted by molar-refractivity contribution is 0.333. The van der Waals surface area contributed by atoms with Gasteiger partial charge in [0.1, 0.15) is 0 Å². The monoisotopic (exact) mass is 229 g/mol. The highest BCUT2D eigenvalue weighted by molar-refractivity contribution is 5.54. The number of halogens is 1. The second kappa shape index (κ2) is 5.55. The quantitative estimate of drug-likeness (QED) is 0.828. The molecule has 0 aliphatic rings. The maximum Gasteiger partial charge on any atom is 0.169 e. The maximum atomic E-state index is 13.6. The first kappa shape index (κ1) is 12.6. The summed E-state index contributed by atoms with van der Waals surface area (Å²) >= 11 is 0. The lowest BCUT2D eigenvalue weighted by Crippen LogP contribution is -2.08. The van der Waals surface area contributed by atoms with E-state index in [4.69, 9.17) is 19.9 Å². The Morgan fingerprint density at radius 1 is 1.12 bits per heavy atom. The van der Waals surface area contributed by atoms with Crippen molar-refractivity contribution in [3.63, 3.8) is 0 Å². The van der Waals surface area contributed by atoms with E-state index in [0.717, 1.165) is 0 Å². The van der Waals surface area contributed by atoms with Crippen LogP contribution < -0.4 is 19.9 Å². The predicted octanol–water partition coefficient (Wildman–Crippen LogP) is 1.35. The molecule has 0 aliphatic carbocycles. The first-order chi connectivity index (χ1) is 7.69. The van der Waals surface area contributed by atoms with Gasteiger partial charge in [0.05, 0.1) is 21.3 Å². The number of benzene rings is 1. The highest BCUT2D eigenvalue weighted by atomic mass is 19.1. The van der Waals surface area contributed by atoms with E-state index in [9.17, 15) is 4.39 Å². The minimum Gasteiger partial charge on any atom is -0.493 e. The number of ether oxygens (including phenoxy) is 3. The van der Waals surface area contributed by atoms with Crippen molar-refractivity contribution in [3.05, 3.63) is 17.4 Å². The first-order valence-corrected chi connectivity index (χ1v) is 4.87. The van der Waals surface area contributed by atoms with Crippen molar-refractivity contribution < 1.29 is 18.6 Å². The van der Waals surface area contributed by atoms with E-state index >= 15 is 0 Å². The molecule has 0 bridgehead atoms. The van der Waals surface area contributed by atoms with Crippen molar-refractivity contribution in [1.29, 1.82) is 0 Å². The van der Waals surface area contributed by atoms with Crippen LogP contribution in [0.2, 0.25) is 0 Å². The normalized spacial score (nSPS) is 10.1. The SMILES string of the molecule is COc1cc(F)c(OC)c(CCN)c1OC. The molecule has 1 aromatic rings. The second-order valence-electron chi connectivity index (χ2n) is 3.14. The first-order valence-electron chi connectivity index (χ1n) is 4.87. The summed E-state index contributed by atoms with van der Waals surface area (Å²) in [5, 5.41) is 0. The zero-order valence-electron chi connectivity index (χ0n) is 9.67. The van der Waals surface area contributed by atoms with Crippen LogP contribution in [0.3, 0.4) is 0 Å². The molecule has 1 aromatic carbocycles. The molecule has 16 heavy (non-hydrogen) atoms. The summed E-state index contributed by atoms with van der Waals surface area (Å²) in [6.45, 7) is 0.374. The zero-order valence-corrected chi connectivity index (χ0v) is 9.67. The van der Waals surface area contributed by atoms with Gasteiger partial charge in [-0.2, -0.15) is 0 Å². The molecule has 0 unspecified atom stereocenters. The van der Waals surface area contributed by atoms with E-state index < -0.39 is 5.82 Å². The fraction of sp³-hybridized carbons (Fsp3) is 0.455. The van der Waals surface area contributed by atoms with Gasteiger partial charge in [-0.1, -0.05) is 0 Å². The Labute approximate surface area is 94.1 Å². The van der Waals surface area contributed by atoms with Crippen LogP contribution in [0.4, 0.5) is 4.39 Å². The van der Waals surface area contributed by atoms with E-state index in [2.05, 4.69) is 0 Å². The number of hydrogen-bond acceptors (Lipinski definition) is 4. The van der Waals surface area contributed by atoms with Crippen LogP contribution in [0.25, 0.3) is 0 Å². The standard InChI is InChI=1S/C11H16FNO3/c1-14-9-6-8(12)10(15-2)7(4-5-13)11(9)16-3/h6H,4-5,13H2,1-3H3. The van der Waals surface area contributed by atoms with Crippen molar-refractivity contribution in [2.75, 3.05) is 27.9 Å². The number of methoxy groups -OCH3 is 3. The van der Waals surface area contributed by atoms with E-state index in [1.54, 1.807) is 0 Å². The number of nitrogens with two attached hydrogens (primary N) is 1. The average Bonchev–Trinajstić information content (AvgIpc) is 2.29. The van der Waals surface area contributed by atoms with Crippen LogP contribution in [0.15, 0.2) is 6.07 Å². The van der Waals surface area contributed by atoms with Gasteiger partial charge >= 0.3 is 0 Å². The molecular weight excluding hydrogens is 213 g/mol. The van der Waals surface area contributed by atoms with Crippen molar-refractivity contribution in [3.8, 4) is 17.2 Å². The Bertz CT molecular complexity index is 369. The highest BCUT2D eigenvalue weighted by Crippen LogP contribution is 2.39. The fourth-order valence-corrected chi connectivity index (χ4v) is 1.61. The minimum absolute atomic E-state index is 0.156. The van der Waals surface area contributed by atoms with Gasteiger partial charge in [-0.15, -0.1) is 0 Å². The van der Waals surface area contributed by atoms with Gasteiger partial charge < -0.3 is 19.9 Å². The predicted molar refractivity (Wildman–Crippen MR) is 58.8 cm³/mol. The molecule has 0 aliphatic heterocycles. The molecule has 0 fully saturated rings. The van der Waals surface area contributed by atoms with Crippen LogP contribution in [-0.4, -0.2) is 27.9 Å². The zero-order chi connectivity index (χ0) is 12.1. The number of rotatable bonds is 5. The molecule has 0 amide bonds. The van der Waals surface area contributed by atoms with Gasteiger partial charge in [0.25, 0.3) is 0 Å². The molecule has 0 saturated carbocycles. The lowest BCUT2D eigenvalue weighted by Gasteiger charge is -2.16. The average molecular weight is 229 g/mol. The van der Waals surface area contributed by atoms with Crippen LogP contribution in [0, 0.1) is 5.82 Å². The summed E-state index contributed by atoms with van der Waals surface area (Å²) in [5.41, 5.74) is 6.06. The van der Waals surface area contributed by atoms with Crippen molar-refractivity contribution >= 4 is 0 Å². The van der Waals surface area contributed by atoms with E-state index in [1.807, 2.05) is 0 Å². The molecule has 0 heterocycles. The molecule has 0 atom stereocenters. The smallest absolute Gasteiger partial charge is 0.169 e. The lowest BCUT2D eigenvalue weighted by atomic mass is 10.1. The van der Waals surface area contributed by atoms with Gasteiger partial charge in [0, 0.05) is 11.6 Å². The Morgan fingerprint density at radius 2 is 1.75 bits per heavy atom. The summed E-state index contributed by atoms with van der Waals surface area (Å²) < 4.78 is 28.9. The van der Waals surface area contributed by atoms with Gasteiger partial charge in [-0.3, -0.25) is 0 Å². The van der Waals surface area contributed by atoms with E-state index in [0.29, 0.717) is 30.0 Å². The molecule has 5 heteroatoms. The maximum absolute atomic E-state index is 13.6. The fourth-order valence-electron chi connectivity index (χ4n) is 1.61. The summed E-state index contributed by atoms with van der Waals surface area (Å²) in [5.74, 6) is 0.474. The van der Waals surface area contributed by atoms with E-state index in [-0.39, 0.29) is 5.75 Å². The van der Waals surface area contributed by atoms with Crippen LogP contribution in [-0.2, 0) is 6.42 Å². The summed E-state index contributed by atoms with van der Waals surface area (Å²) in [6, 6.07) is 1.23.